The summed E-state index contributed by atoms with van der Waals surface area (Å²) >= 11 is 1.62. The maximum absolute atomic E-state index is 5.89. The van der Waals surface area contributed by atoms with Gasteiger partial charge >= 0.3 is 0 Å². The van der Waals surface area contributed by atoms with Crippen molar-refractivity contribution < 1.29 is 4.74 Å². The zero-order valence-electron chi connectivity index (χ0n) is 10.0. The van der Waals surface area contributed by atoms with Crippen LogP contribution in [0.25, 0.3) is 0 Å². The van der Waals surface area contributed by atoms with E-state index in [-0.39, 0.29) is 6.04 Å². The van der Waals surface area contributed by atoms with E-state index in [1.165, 1.54) is 0 Å². The van der Waals surface area contributed by atoms with Gasteiger partial charge in [-0.25, -0.2) is 4.98 Å². The summed E-state index contributed by atoms with van der Waals surface area (Å²) in [4.78, 5) is 4.36. The van der Waals surface area contributed by atoms with Crippen LogP contribution in [0.3, 0.4) is 0 Å². The highest BCUT2D eigenvalue weighted by Gasteiger charge is 2.08. The second-order valence-corrected chi connectivity index (χ2v) is 4.94. The molecule has 1 heterocycles. The zero-order chi connectivity index (χ0) is 12.3. The monoisotopic (exact) mass is 248 g/mol. The Morgan fingerprint density at radius 1 is 1.41 bits per heavy atom. The number of nitrogens with two attached hydrogens (primary N) is 1. The Kier molecular flexibility index (Phi) is 3.76. The molecule has 0 fully saturated rings. The molecule has 2 rings (SSSR count). The summed E-state index contributed by atoms with van der Waals surface area (Å²) in [7, 11) is 0. The van der Waals surface area contributed by atoms with Gasteiger partial charge in [0.05, 0.1) is 0 Å². The number of thiazole rings is 1. The fourth-order valence-electron chi connectivity index (χ4n) is 1.60. The first-order valence-corrected chi connectivity index (χ1v) is 6.43. The molecule has 0 bridgehead atoms. The molecule has 90 valence electrons. The van der Waals surface area contributed by atoms with E-state index in [9.17, 15) is 0 Å². The third kappa shape index (κ3) is 3.05. The Balaban J connectivity index is 2.08. The lowest BCUT2D eigenvalue weighted by atomic mass is 10.1. The lowest BCUT2D eigenvalue weighted by molar-refractivity contribution is 0.300. The first-order valence-electron chi connectivity index (χ1n) is 5.55. The van der Waals surface area contributed by atoms with E-state index in [4.69, 9.17) is 10.5 Å². The maximum atomic E-state index is 5.89. The fraction of sp³-hybridized carbons (Fsp3) is 0.308. The van der Waals surface area contributed by atoms with Crippen LogP contribution in [0.4, 0.5) is 0 Å². The molecule has 0 amide bonds. The van der Waals surface area contributed by atoms with Gasteiger partial charge in [0, 0.05) is 22.7 Å². The molecule has 2 aromatic rings. The number of benzene rings is 1. The molecule has 1 atom stereocenters. The number of nitrogens with zero attached hydrogens (tertiary/aromatic N) is 1. The summed E-state index contributed by atoms with van der Waals surface area (Å²) in [6.45, 7) is 4.44. The maximum Gasteiger partial charge on any atom is 0.140 e. The molecular formula is C13H16N2OS. The number of para-hydroxylation sites is 1. The highest BCUT2D eigenvalue weighted by atomic mass is 32.1. The van der Waals surface area contributed by atoms with Crippen molar-refractivity contribution in [1.82, 2.24) is 4.98 Å². The van der Waals surface area contributed by atoms with Crippen molar-refractivity contribution in [3.05, 3.63) is 45.9 Å². The molecule has 2 N–H and O–H groups in total. The molecule has 17 heavy (non-hydrogen) atoms. The molecule has 0 radical (unpaired) electrons. The first kappa shape index (κ1) is 12.1. The van der Waals surface area contributed by atoms with Crippen LogP contribution in [-0.2, 0) is 6.61 Å². The van der Waals surface area contributed by atoms with Gasteiger partial charge in [0.2, 0.25) is 0 Å². The average Bonchev–Trinajstić information content (AvgIpc) is 2.73. The summed E-state index contributed by atoms with van der Waals surface area (Å²) in [5.74, 6) is 0.843. The van der Waals surface area contributed by atoms with Crippen molar-refractivity contribution in [2.24, 2.45) is 5.73 Å². The highest BCUT2D eigenvalue weighted by Crippen LogP contribution is 2.24. The Bertz CT molecular complexity index is 494. The minimum Gasteiger partial charge on any atom is -0.486 e. The molecule has 4 heteroatoms. The minimum atomic E-state index is -0.0239. The molecule has 1 aromatic heterocycles. The van der Waals surface area contributed by atoms with E-state index >= 15 is 0 Å². The van der Waals surface area contributed by atoms with Crippen LogP contribution in [0.5, 0.6) is 5.75 Å². The van der Waals surface area contributed by atoms with E-state index < -0.39 is 0 Å². The molecule has 0 spiro atoms. The van der Waals surface area contributed by atoms with E-state index in [1.807, 2.05) is 43.5 Å². The van der Waals surface area contributed by atoms with Gasteiger partial charge in [0.1, 0.15) is 17.4 Å². The van der Waals surface area contributed by atoms with Crippen molar-refractivity contribution in [3.63, 3.8) is 0 Å². The number of aryl methyl sites for hydroxylation is 1. The van der Waals surface area contributed by atoms with Gasteiger partial charge in [-0.15, -0.1) is 11.3 Å². The Hall–Kier alpha value is -1.39. The normalized spacial score (nSPS) is 12.4. The predicted octanol–water partition coefficient (Wildman–Crippen LogP) is 3.05. The molecular weight excluding hydrogens is 232 g/mol. The summed E-state index contributed by atoms with van der Waals surface area (Å²) in [6, 6.07) is 7.84. The Labute approximate surface area is 105 Å². The molecule has 1 aromatic carbocycles. The Morgan fingerprint density at radius 3 is 2.82 bits per heavy atom. The van der Waals surface area contributed by atoms with Crippen molar-refractivity contribution in [2.75, 3.05) is 0 Å². The summed E-state index contributed by atoms with van der Waals surface area (Å²) in [6.07, 6.45) is 0. The molecule has 0 saturated carbocycles. The van der Waals surface area contributed by atoms with Gasteiger partial charge in [-0.3, -0.25) is 0 Å². The number of ether oxygens (including phenoxy) is 1. The van der Waals surface area contributed by atoms with E-state index in [0.29, 0.717) is 6.61 Å². The van der Waals surface area contributed by atoms with Crippen molar-refractivity contribution >= 4 is 11.3 Å². The summed E-state index contributed by atoms with van der Waals surface area (Å²) in [5, 5.41) is 3.01. The zero-order valence-corrected chi connectivity index (χ0v) is 10.8. The van der Waals surface area contributed by atoms with E-state index in [0.717, 1.165) is 22.0 Å². The van der Waals surface area contributed by atoms with Crippen LogP contribution in [0.1, 0.15) is 29.2 Å². The summed E-state index contributed by atoms with van der Waals surface area (Å²) < 4.78 is 5.77. The third-order valence-electron chi connectivity index (χ3n) is 2.43. The summed E-state index contributed by atoms with van der Waals surface area (Å²) in [5.41, 5.74) is 7.96. The van der Waals surface area contributed by atoms with Crippen LogP contribution in [0, 0.1) is 6.92 Å². The van der Waals surface area contributed by atoms with Gasteiger partial charge in [-0.2, -0.15) is 0 Å². The molecule has 3 nitrogen and oxygen atoms in total. The van der Waals surface area contributed by atoms with Crippen LogP contribution >= 0.6 is 11.3 Å². The van der Waals surface area contributed by atoms with Gasteiger partial charge in [0.15, 0.2) is 0 Å². The van der Waals surface area contributed by atoms with Gasteiger partial charge in [0.25, 0.3) is 0 Å². The molecule has 0 aliphatic heterocycles. The number of aromatic nitrogens is 1. The van der Waals surface area contributed by atoms with Crippen molar-refractivity contribution in [2.45, 2.75) is 26.5 Å². The number of rotatable bonds is 4. The number of hydrogen-bond donors (Lipinski definition) is 1. The second-order valence-electron chi connectivity index (χ2n) is 4.00. The molecule has 0 aliphatic rings. The van der Waals surface area contributed by atoms with Gasteiger partial charge in [-0.1, -0.05) is 18.2 Å². The highest BCUT2D eigenvalue weighted by molar-refractivity contribution is 7.09. The SMILES string of the molecule is Cc1csc(COc2ccccc2[C@@H](C)N)n1. The smallest absolute Gasteiger partial charge is 0.140 e. The lowest BCUT2D eigenvalue weighted by Crippen LogP contribution is -2.07. The van der Waals surface area contributed by atoms with Crippen molar-refractivity contribution in [1.29, 1.82) is 0 Å². The average molecular weight is 248 g/mol. The van der Waals surface area contributed by atoms with Gasteiger partial charge < -0.3 is 10.5 Å². The van der Waals surface area contributed by atoms with Crippen LogP contribution in [0.15, 0.2) is 29.6 Å². The largest absolute Gasteiger partial charge is 0.486 e. The second kappa shape index (κ2) is 5.29. The standard InChI is InChI=1S/C13H16N2OS/c1-9-8-17-13(15-9)7-16-12-6-4-3-5-11(12)10(2)14/h3-6,8,10H,7,14H2,1-2H3/t10-/m1/s1. The van der Waals surface area contributed by atoms with E-state index in [2.05, 4.69) is 4.98 Å². The molecule has 0 saturated heterocycles. The van der Waals surface area contributed by atoms with Gasteiger partial charge in [-0.05, 0) is 19.9 Å². The van der Waals surface area contributed by atoms with Crippen LogP contribution < -0.4 is 10.5 Å². The fourth-order valence-corrected chi connectivity index (χ4v) is 2.28. The number of hydrogen-bond acceptors (Lipinski definition) is 4. The van der Waals surface area contributed by atoms with Crippen LogP contribution in [0.2, 0.25) is 0 Å². The van der Waals surface area contributed by atoms with Crippen LogP contribution in [-0.4, -0.2) is 4.98 Å². The lowest BCUT2D eigenvalue weighted by Gasteiger charge is -2.12. The van der Waals surface area contributed by atoms with E-state index in [1.54, 1.807) is 11.3 Å². The van der Waals surface area contributed by atoms with Crippen molar-refractivity contribution in [3.8, 4) is 5.75 Å². The molecule has 0 unspecified atom stereocenters. The third-order valence-corrected chi connectivity index (χ3v) is 3.37. The minimum absolute atomic E-state index is 0.0239. The predicted molar refractivity (Wildman–Crippen MR) is 70.2 cm³/mol. The topological polar surface area (TPSA) is 48.1 Å². The quantitative estimate of drug-likeness (QED) is 0.904. The molecule has 0 aliphatic carbocycles. The Morgan fingerprint density at radius 2 is 2.18 bits per heavy atom. The first-order chi connectivity index (χ1) is 8.16.